The Labute approximate surface area is 90.6 Å². The molecule has 0 radical (unpaired) electrons. The third-order valence-corrected chi connectivity index (χ3v) is 2.78. The Morgan fingerprint density at radius 3 is 2.67 bits per heavy atom. The zero-order valence-corrected chi connectivity index (χ0v) is 10.5. The Morgan fingerprint density at radius 1 is 1.27 bits per heavy atom. The highest BCUT2D eigenvalue weighted by Gasteiger charge is 2.23. The van der Waals surface area contributed by atoms with E-state index in [-0.39, 0.29) is 0 Å². The molecule has 1 aromatic heterocycles. The van der Waals surface area contributed by atoms with E-state index in [1.807, 2.05) is 13.1 Å². The summed E-state index contributed by atoms with van der Waals surface area (Å²) in [6, 6.07) is 0. The summed E-state index contributed by atoms with van der Waals surface area (Å²) in [5, 5.41) is 0. The summed E-state index contributed by atoms with van der Waals surface area (Å²) < 4.78 is 5.93. The molecular weight excluding hydrogens is 206 g/mol. The van der Waals surface area contributed by atoms with Crippen molar-refractivity contribution >= 4 is 20.3 Å². The fourth-order valence-electron chi connectivity index (χ4n) is 1.44. The van der Waals surface area contributed by atoms with Crippen LogP contribution in [0.1, 0.15) is 11.4 Å². The molecule has 1 aliphatic heterocycles. The second kappa shape index (κ2) is 3.41. The molecule has 0 bridgehead atoms. The number of hydrogen-bond acceptors (Lipinski definition) is 4. The van der Waals surface area contributed by atoms with Crippen molar-refractivity contribution in [3.63, 3.8) is 0 Å². The monoisotopic (exact) mass is 221 g/mol. The Bertz CT molecular complexity index is 423. The molecule has 0 N–H and O–H groups in total. The van der Waals surface area contributed by atoms with Gasteiger partial charge in [0, 0.05) is 12.6 Å². The molecule has 1 aliphatic rings. The molecule has 15 heavy (non-hydrogen) atoms. The van der Waals surface area contributed by atoms with E-state index in [4.69, 9.17) is 4.43 Å². The first-order chi connectivity index (χ1) is 6.96. The number of aliphatic imine (C=N–C) groups is 1. The predicted molar refractivity (Wildman–Crippen MR) is 62.6 cm³/mol. The molecule has 0 unspecified atom stereocenters. The van der Waals surface area contributed by atoms with Crippen molar-refractivity contribution < 1.29 is 4.43 Å². The van der Waals surface area contributed by atoms with Crippen LogP contribution < -0.4 is 4.43 Å². The lowest BCUT2D eigenvalue weighted by Gasteiger charge is -2.20. The van der Waals surface area contributed by atoms with Crippen molar-refractivity contribution in [1.82, 2.24) is 9.97 Å². The van der Waals surface area contributed by atoms with Gasteiger partial charge in [0.1, 0.15) is 5.82 Å². The van der Waals surface area contributed by atoms with Crippen molar-refractivity contribution in [2.24, 2.45) is 4.99 Å². The number of nitrogens with zero attached hydrogens (tertiary/aromatic N) is 3. The van der Waals surface area contributed by atoms with Crippen LogP contribution in [0.3, 0.4) is 0 Å². The van der Waals surface area contributed by atoms with Gasteiger partial charge in [0.15, 0.2) is 5.82 Å². The third-order valence-electron chi connectivity index (χ3n) is 1.97. The maximum Gasteiger partial charge on any atom is 0.244 e. The molecule has 0 spiro atoms. The Hall–Kier alpha value is -1.23. The van der Waals surface area contributed by atoms with Gasteiger partial charge in [-0.15, -0.1) is 0 Å². The van der Waals surface area contributed by atoms with Crippen LogP contribution in [-0.2, 0) is 6.42 Å². The van der Waals surface area contributed by atoms with Gasteiger partial charge < -0.3 is 4.43 Å². The van der Waals surface area contributed by atoms with Crippen LogP contribution in [-0.4, -0.2) is 24.5 Å². The van der Waals surface area contributed by atoms with Gasteiger partial charge in [0.2, 0.25) is 14.2 Å². The highest BCUT2D eigenvalue weighted by atomic mass is 28.4. The lowest BCUT2D eigenvalue weighted by atomic mass is 10.2. The highest BCUT2D eigenvalue weighted by Crippen LogP contribution is 2.30. The van der Waals surface area contributed by atoms with Crippen LogP contribution in [0.2, 0.25) is 19.6 Å². The molecule has 0 aliphatic carbocycles. The number of rotatable bonds is 2. The van der Waals surface area contributed by atoms with E-state index in [1.54, 1.807) is 0 Å². The smallest absolute Gasteiger partial charge is 0.244 e. The Balaban J connectivity index is 2.41. The lowest BCUT2D eigenvalue weighted by molar-refractivity contribution is 0.524. The van der Waals surface area contributed by atoms with E-state index in [9.17, 15) is 0 Å². The van der Waals surface area contributed by atoms with Crippen LogP contribution in [0.15, 0.2) is 4.99 Å². The van der Waals surface area contributed by atoms with Gasteiger partial charge in [-0.2, -0.15) is 4.98 Å². The molecule has 5 heteroatoms. The number of aryl methyl sites for hydroxylation is 1. The van der Waals surface area contributed by atoms with Crippen molar-refractivity contribution in [3.05, 3.63) is 11.4 Å². The molecule has 0 fully saturated rings. The molecular formula is C10H15N3OSi. The third kappa shape index (κ3) is 2.23. The minimum Gasteiger partial charge on any atom is -0.531 e. The van der Waals surface area contributed by atoms with Crippen molar-refractivity contribution in [2.75, 3.05) is 0 Å². The quantitative estimate of drug-likeness (QED) is 0.720. The summed E-state index contributed by atoms with van der Waals surface area (Å²) >= 11 is 0. The average molecular weight is 221 g/mol. The van der Waals surface area contributed by atoms with Crippen LogP contribution in [0, 0.1) is 6.92 Å². The topological polar surface area (TPSA) is 47.4 Å². The van der Waals surface area contributed by atoms with Gasteiger partial charge >= 0.3 is 0 Å². The van der Waals surface area contributed by atoms with Crippen LogP contribution in [0.25, 0.3) is 0 Å². The molecule has 0 saturated heterocycles. The van der Waals surface area contributed by atoms with E-state index in [1.165, 1.54) is 0 Å². The van der Waals surface area contributed by atoms with Crippen LogP contribution in [0.5, 0.6) is 5.88 Å². The summed E-state index contributed by atoms with van der Waals surface area (Å²) in [5.41, 5.74) is 1.03. The van der Waals surface area contributed by atoms with Gasteiger partial charge in [0.05, 0.1) is 5.56 Å². The molecule has 2 rings (SSSR count). The second-order valence-electron chi connectivity index (χ2n) is 4.61. The van der Waals surface area contributed by atoms with Gasteiger partial charge in [-0.3, -0.25) is 0 Å². The lowest BCUT2D eigenvalue weighted by Crippen LogP contribution is -2.30. The van der Waals surface area contributed by atoms with E-state index in [2.05, 4.69) is 34.6 Å². The van der Waals surface area contributed by atoms with Gasteiger partial charge in [-0.25, -0.2) is 9.98 Å². The highest BCUT2D eigenvalue weighted by molar-refractivity contribution is 6.70. The van der Waals surface area contributed by atoms with Crippen LogP contribution >= 0.6 is 0 Å². The van der Waals surface area contributed by atoms with E-state index >= 15 is 0 Å². The normalized spacial score (nSPS) is 14.1. The number of hydrogen-bond donors (Lipinski definition) is 0. The molecule has 4 nitrogen and oxygen atoms in total. The summed E-state index contributed by atoms with van der Waals surface area (Å²) in [7, 11) is -1.61. The van der Waals surface area contributed by atoms with Gasteiger partial charge in [-0.05, 0) is 26.6 Å². The fourth-order valence-corrected chi connectivity index (χ4v) is 2.19. The van der Waals surface area contributed by atoms with E-state index in [0.29, 0.717) is 0 Å². The molecule has 0 aromatic carbocycles. The maximum absolute atomic E-state index is 5.93. The number of aromatic nitrogens is 2. The van der Waals surface area contributed by atoms with Gasteiger partial charge in [0.25, 0.3) is 0 Å². The minimum atomic E-state index is -1.61. The largest absolute Gasteiger partial charge is 0.531 e. The second-order valence-corrected chi connectivity index (χ2v) is 9.04. The predicted octanol–water partition coefficient (Wildman–Crippen LogP) is 2.26. The Morgan fingerprint density at radius 2 is 2.00 bits per heavy atom. The summed E-state index contributed by atoms with van der Waals surface area (Å²) in [5.74, 6) is 2.23. The first kappa shape index (κ1) is 10.3. The fraction of sp³-hybridized carbons (Fsp3) is 0.500. The summed E-state index contributed by atoms with van der Waals surface area (Å²) in [6.45, 7) is 8.30. The van der Waals surface area contributed by atoms with Crippen LogP contribution in [0.4, 0.5) is 5.82 Å². The average Bonchev–Trinajstić information content (AvgIpc) is 2.48. The first-order valence-corrected chi connectivity index (χ1v) is 8.45. The van der Waals surface area contributed by atoms with Crippen molar-refractivity contribution in [3.8, 4) is 5.88 Å². The van der Waals surface area contributed by atoms with Crippen molar-refractivity contribution in [2.45, 2.75) is 33.0 Å². The van der Waals surface area contributed by atoms with Gasteiger partial charge in [-0.1, -0.05) is 0 Å². The molecule has 0 saturated carbocycles. The standard InChI is InChI=1S/C10H15N3OSi/c1-7-12-9-8(5-6-11-9)10(13-7)14-15(2,3)4/h6H,5H2,1-4H3. The maximum atomic E-state index is 5.93. The zero-order valence-electron chi connectivity index (χ0n) is 9.53. The molecule has 0 amide bonds. The summed E-state index contributed by atoms with van der Waals surface area (Å²) in [4.78, 5) is 12.8. The van der Waals surface area contributed by atoms with E-state index in [0.717, 1.165) is 29.5 Å². The first-order valence-electron chi connectivity index (χ1n) is 5.05. The minimum absolute atomic E-state index is 0.723. The molecule has 2 heterocycles. The summed E-state index contributed by atoms with van der Waals surface area (Å²) in [6.07, 6.45) is 2.64. The van der Waals surface area contributed by atoms with E-state index < -0.39 is 8.32 Å². The molecule has 1 aromatic rings. The SMILES string of the molecule is Cc1nc2c(c(O[Si](C)(C)C)n1)CC=N2. The Kier molecular flexibility index (Phi) is 2.34. The zero-order chi connectivity index (χ0) is 11.1. The van der Waals surface area contributed by atoms with Crippen molar-refractivity contribution in [1.29, 1.82) is 0 Å². The number of fused-ring (bicyclic) bond motifs is 1. The molecule has 0 atom stereocenters. The molecule has 80 valence electrons.